The van der Waals surface area contributed by atoms with Crippen molar-refractivity contribution in [3.05, 3.63) is 12.2 Å². The standard InChI is InChI=1S/C10H14F2O3/c1-2-7-3-5-9(15,6-4-7)10(11,12)8(13)14/h3,5,7,15H,2,4,6H2,1H3,(H,13,14). The van der Waals surface area contributed by atoms with Crippen LogP contribution in [0, 0.1) is 5.92 Å². The maximum Gasteiger partial charge on any atom is 0.378 e. The molecule has 0 aromatic rings. The number of halogens is 2. The average Bonchev–Trinajstić information content (AvgIpc) is 2.18. The minimum absolute atomic E-state index is 0.148. The van der Waals surface area contributed by atoms with Gasteiger partial charge in [-0.3, -0.25) is 0 Å². The van der Waals surface area contributed by atoms with Gasteiger partial charge >= 0.3 is 11.9 Å². The Bertz CT molecular complexity index is 288. The molecule has 0 fully saturated rings. The molecule has 0 amide bonds. The number of carboxylic acid groups (broad SMARTS) is 1. The van der Waals surface area contributed by atoms with E-state index in [0.717, 1.165) is 12.5 Å². The Labute approximate surface area is 86.4 Å². The number of aliphatic carboxylic acids is 1. The smallest absolute Gasteiger partial charge is 0.378 e. The van der Waals surface area contributed by atoms with E-state index in [1.807, 2.05) is 6.92 Å². The largest absolute Gasteiger partial charge is 0.477 e. The second-order valence-electron chi connectivity index (χ2n) is 3.87. The van der Waals surface area contributed by atoms with Gasteiger partial charge in [0.15, 0.2) is 5.60 Å². The molecular weight excluding hydrogens is 206 g/mol. The Balaban J connectivity index is 2.91. The fourth-order valence-electron chi connectivity index (χ4n) is 1.67. The van der Waals surface area contributed by atoms with Gasteiger partial charge in [-0.05, 0) is 25.2 Å². The van der Waals surface area contributed by atoms with Gasteiger partial charge in [0.2, 0.25) is 0 Å². The third kappa shape index (κ3) is 2.02. The van der Waals surface area contributed by atoms with Gasteiger partial charge in [-0.25, -0.2) is 4.79 Å². The molecule has 2 atom stereocenters. The minimum atomic E-state index is -4.12. The van der Waals surface area contributed by atoms with Gasteiger partial charge in [0, 0.05) is 0 Å². The summed E-state index contributed by atoms with van der Waals surface area (Å²) in [4.78, 5) is 10.3. The van der Waals surface area contributed by atoms with Crippen molar-refractivity contribution >= 4 is 5.97 Å². The van der Waals surface area contributed by atoms with Gasteiger partial charge in [0.1, 0.15) is 0 Å². The van der Waals surface area contributed by atoms with E-state index < -0.39 is 17.5 Å². The quantitative estimate of drug-likeness (QED) is 0.713. The zero-order chi connectivity index (χ0) is 11.7. The highest BCUT2D eigenvalue weighted by atomic mass is 19.3. The lowest BCUT2D eigenvalue weighted by molar-refractivity contribution is -0.199. The van der Waals surface area contributed by atoms with Gasteiger partial charge in [0.25, 0.3) is 0 Å². The second kappa shape index (κ2) is 3.89. The Kier molecular flexibility index (Phi) is 3.13. The van der Waals surface area contributed by atoms with Gasteiger partial charge < -0.3 is 10.2 Å². The zero-order valence-corrected chi connectivity index (χ0v) is 8.41. The van der Waals surface area contributed by atoms with Crippen LogP contribution in [0.3, 0.4) is 0 Å². The van der Waals surface area contributed by atoms with Gasteiger partial charge in [-0.2, -0.15) is 8.78 Å². The van der Waals surface area contributed by atoms with E-state index in [0.29, 0.717) is 6.42 Å². The fraction of sp³-hybridized carbons (Fsp3) is 0.700. The Hall–Kier alpha value is -0.970. The van der Waals surface area contributed by atoms with Crippen LogP contribution in [0.15, 0.2) is 12.2 Å². The SMILES string of the molecule is CCC1C=CC(O)(C(F)(F)C(=O)O)CC1. The molecule has 0 aromatic carbocycles. The minimum Gasteiger partial charge on any atom is -0.477 e. The van der Waals surface area contributed by atoms with Crippen LogP contribution < -0.4 is 0 Å². The molecule has 1 aliphatic rings. The van der Waals surface area contributed by atoms with Crippen LogP contribution in [-0.4, -0.2) is 27.7 Å². The van der Waals surface area contributed by atoms with Crippen molar-refractivity contribution in [1.82, 2.24) is 0 Å². The molecule has 86 valence electrons. The maximum atomic E-state index is 13.1. The highest BCUT2D eigenvalue weighted by Crippen LogP contribution is 2.39. The molecule has 3 nitrogen and oxygen atoms in total. The Morgan fingerprint density at radius 3 is 2.60 bits per heavy atom. The van der Waals surface area contributed by atoms with Crippen LogP contribution in [0.25, 0.3) is 0 Å². The van der Waals surface area contributed by atoms with E-state index in [9.17, 15) is 18.7 Å². The Morgan fingerprint density at radius 1 is 1.67 bits per heavy atom. The molecule has 0 aromatic heterocycles. The molecule has 1 aliphatic carbocycles. The molecule has 0 saturated heterocycles. The van der Waals surface area contributed by atoms with Crippen LogP contribution >= 0.6 is 0 Å². The molecule has 2 unspecified atom stereocenters. The lowest BCUT2D eigenvalue weighted by Gasteiger charge is -2.34. The summed E-state index contributed by atoms with van der Waals surface area (Å²) in [5.74, 6) is -6.26. The summed E-state index contributed by atoms with van der Waals surface area (Å²) in [6.07, 6.45) is 3.36. The summed E-state index contributed by atoms with van der Waals surface area (Å²) in [5, 5.41) is 17.9. The second-order valence-corrected chi connectivity index (χ2v) is 3.87. The number of hydrogen-bond acceptors (Lipinski definition) is 2. The van der Waals surface area contributed by atoms with Crippen LogP contribution in [0.1, 0.15) is 26.2 Å². The van der Waals surface area contributed by atoms with Crippen molar-refractivity contribution < 1.29 is 23.8 Å². The first-order valence-electron chi connectivity index (χ1n) is 4.86. The van der Waals surface area contributed by atoms with Crippen LogP contribution in [0.5, 0.6) is 0 Å². The topological polar surface area (TPSA) is 57.5 Å². The molecule has 15 heavy (non-hydrogen) atoms. The van der Waals surface area contributed by atoms with Gasteiger partial charge in [0.05, 0.1) is 0 Å². The van der Waals surface area contributed by atoms with E-state index >= 15 is 0 Å². The molecule has 1 rings (SSSR count). The van der Waals surface area contributed by atoms with Crippen molar-refractivity contribution in [2.45, 2.75) is 37.7 Å². The van der Waals surface area contributed by atoms with Crippen molar-refractivity contribution in [2.24, 2.45) is 5.92 Å². The van der Waals surface area contributed by atoms with E-state index in [2.05, 4.69) is 0 Å². The zero-order valence-electron chi connectivity index (χ0n) is 8.41. The summed E-state index contributed by atoms with van der Waals surface area (Å²) in [6.45, 7) is 1.91. The summed E-state index contributed by atoms with van der Waals surface area (Å²) < 4.78 is 26.3. The van der Waals surface area contributed by atoms with Crippen LogP contribution in [-0.2, 0) is 4.79 Å². The van der Waals surface area contributed by atoms with Crippen LogP contribution in [0.2, 0.25) is 0 Å². The van der Waals surface area contributed by atoms with E-state index in [1.165, 1.54) is 6.08 Å². The number of carbonyl (C=O) groups is 1. The van der Waals surface area contributed by atoms with Crippen molar-refractivity contribution in [2.75, 3.05) is 0 Å². The lowest BCUT2D eigenvalue weighted by atomic mass is 9.80. The molecule has 0 bridgehead atoms. The van der Waals surface area contributed by atoms with Crippen molar-refractivity contribution in [3.63, 3.8) is 0 Å². The molecule has 2 N–H and O–H groups in total. The summed E-state index contributed by atoms with van der Waals surface area (Å²) >= 11 is 0. The first-order valence-corrected chi connectivity index (χ1v) is 4.86. The van der Waals surface area contributed by atoms with Gasteiger partial charge in [-0.1, -0.05) is 19.1 Å². The van der Waals surface area contributed by atoms with Crippen LogP contribution in [0.4, 0.5) is 8.78 Å². The van der Waals surface area contributed by atoms with Crippen molar-refractivity contribution in [1.29, 1.82) is 0 Å². The number of hydrogen-bond donors (Lipinski definition) is 2. The predicted molar refractivity (Wildman–Crippen MR) is 49.7 cm³/mol. The van der Waals surface area contributed by atoms with E-state index in [-0.39, 0.29) is 12.3 Å². The van der Waals surface area contributed by atoms with E-state index in [4.69, 9.17) is 5.11 Å². The number of aliphatic hydroxyl groups is 1. The predicted octanol–water partition coefficient (Wildman–Crippen LogP) is 1.81. The lowest BCUT2D eigenvalue weighted by Crippen LogP contribution is -2.53. The highest BCUT2D eigenvalue weighted by Gasteiger charge is 2.57. The third-order valence-corrected chi connectivity index (χ3v) is 2.88. The molecule has 0 spiro atoms. The maximum absolute atomic E-state index is 13.1. The fourth-order valence-corrected chi connectivity index (χ4v) is 1.67. The average molecular weight is 220 g/mol. The molecule has 0 radical (unpaired) electrons. The number of rotatable bonds is 3. The third-order valence-electron chi connectivity index (χ3n) is 2.88. The molecule has 0 heterocycles. The van der Waals surface area contributed by atoms with E-state index in [1.54, 1.807) is 0 Å². The molecule has 0 saturated carbocycles. The number of carboxylic acids is 1. The van der Waals surface area contributed by atoms with Gasteiger partial charge in [-0.15, -0.1) is 0 Å². The first kappa shape index (κ1) is 12.1. The normalized spacial score (nSPS) is 31.6. The molecular formula is C10H14F2O3. The molecule has 5 heteroatoms. The Morgan fingerprint density at radius 2 is 2.27 bits per heavy atom. The summed E-state index contributed by atoms with van der Waals surface area (Å²) in [6, 6.07) is 0. The first-order chi connectivity index (χ1) is 6.83. The number of alkyl halides is 2. The molecule has 0 aliphatic heterocycles. The monoisotopic (exact) mass is 220 g/mol. The van der Waals surface area contributed by atoms with Crippen molar-refractivity contribution in [3.8, 4) is 0 Å². The summed E-state index contributed by atoms with van der Waals surface area (Å²) in [7, 11) is 0. The summed E-state index contributed by atoms with van der Waals surface area (Å²) in [5.41, 5.74) is -2.54. The number of allylic oxidation sites excluding steroid dienone is 1. The highest BCUT2D eigenvalue weighted by molar-refractivity contribution is 5.77.